The van der Waals surface area contributed by atoms with Crippen molar-refractivity contribution >= 4 is 27.6 Å². The van der Waals surface area contributed by atoms with Crippen molar-refractivity contribution in [2.24, 2.45) is 5.92 Å². The lowest BCUT2D eigenvalue weighted by molar-refractivity contribution is -0.141. The maximum absolute atomic E-state index is 10.9. The molecule has 1 heterocycles. The molecular formula is C13H16BrNO2. The normalized spacial score (nSPS) is 20.2. The minimum atomic E-state index is -0.712. The van der Waals surface area contributed by atoms with E-state index in [1.807, 2.05) is 13.1 Å². The number of benzene rings is 1. The standard InChI is InChI=1S/C13H16BrNO2/c1-8(13(16)17)5-11-7-9-6-10(14)3-4-12(9)15(11)2/h3-4,6,8,11H,5,7H2,1-2H3,(H,16,17). The van der Waals surface area contributed by atoms with E-state index in [-0.39, 0.29) is 5.92 Å². The van der Waals surface area contributed by atoms with Crippen LogP contribution in [0.4, 0.5) is 5.69 Å². The lowest BCUT2D eigenvalue weighted by Crippen LogP contribution is -2.31. The first-order chi connectivity index (χ1) is 7.99. The van der Waals surface area contributed by atoms with E-state index in [1.165, 1.54) is 11.3 Å². The van der Waals surface area contributed by atoms with E-state index in [9.17, 15) is 4.79 Å². The van der Waals surface area contributed by atoms with Gasteiger partial charge in [-0.05, 0) is 36.6 Å². The van der Waals surface area contributed by atoms with E-state index in [1.54, 1.807) is 6.92 Å². The number of hydrogen-bond donors (Lipinski definition) is 1. The van der Waals surface area contributed by atoms with Gasteiger partial charge in [0.05, 0.1) is 5.92 Å². The Bertz CT molecular complexity index is 447. The zero-order valence-corrected chi connectivity index (χ0v) is 11.6. The Morgan fingerprint density at radius 1 is 1.65 bits per heavy atom. The molecule has 0 saturated carbocycles. The third-order valence-electron chi connectivity index (χ3n) is 3.47. The number of rotatable bonds is 3. The lowest BCUT2D eigenvalue weighted by Gasteiger charge is -2.24. The van der Waals surface area contributed by atoms with Crippen LogP contribution in [0.3, 0.4) is 0 Å². The summed E-state index contributed by atoms with van der Waals surface area (Å²) >= 11 is 3.47. The van der Waals surface area contributed by atoms with Gasteiger partial charge in [-0.15, -0.1) is 0 Å². The van der Waals surface area contributed by atoms with Gasteiger partial charge in [-0.1, -0.05) is 22.9 Å². The van der Waals surface area contributed by atoms with Crippen LogP contribution in [-0.4, -0.2) is 24.2 Å². The van der Waals surface area contributed by atoms with Gasteiger partial charge < -0.3 is 10.0 Å². The molecule has 2 rings (SSSR count). The summed E-state index contributed by atoms with van der Waals surface area (Å²) in [5.74, 6) is -1.00. The molecule has 2 unspecified atom stereocenters. The van der Waals surface area contributed by atoms with E-state index < -0.39 is 5.97 Å². The molecule has 0 amide bonds. The van der Waals surface area contributed by atoms with Crippen LogP contribution >= 0.6 is 15.9 Å². The van der Waals surface area contributed by atoms with E-state index in [0.717, 1.165) is 10.9 Å². The Labute approximate surface area is 110 Å². The monoisotopic (exact) mass is 297 g/mol. The summed E-state index contributed by atoms with van der Waals surface area (Å²) < 4.78 is 1.08. The third kappa shape index (κ3) is 2.46. The summed E-state index contributed by atoms with van der Waals surface area (Å²) in [6, 6.07) is 6.53. The molecule has 0 spiro atoms. The first-order valence-corrected chi connectivity index (χ1v) is 6.52. The molecule has 0 aliphatic carbocycles. The van der Waals surface area contributed by atoms with Gasteiger partial charge in [-0.3, -0.25) is 4.79 Å². The van der Waals surface area contributed by atoms with Crippen molar-refractivity contribution in [2.45, 2.75) is 25.8 Å². The minimum Gasteiger partial charge on any atom is -0.481 e. The number of likely N-dealkylation sites (N-methyl/N-ethyl adjacent to an activating group) is 1. The molecular weight excluding hydrogens is 282 g/mol. The van der Waals surface area contributed by atoms with E-state index in [2.05, 4.69) is 33.0 Å². The molecule has 0 radical (unpaired) electrons. The first-order valence-electron chi connectivity index (χ1n) is 5.73. The molecule has 0 fully saturated rings. The van der Waals surface area contributed by atoms with Crippen molar-refractivity contribution in [1.29, 1.82) is 0 Å². The zero-order valence-electron chi connectivity index (χ0n) is 9.98. The third-order valence-corrected chi connectivity index (χ3v) is 3.97. The van der Waals surface area contributed by atoms with Crippen LogP contribution in [-0.2, 0) is 11.2 Å². The molecule has 1 aromatic carbocycles. The van der Waals surface area contributed by atoms with Gasteiger partial charge in [-0.25, -0.2) is 0 Å². The van der Waals surface area contributed by atoms with Crippen LogP contribution in [0.25, 0.3) is 0 Å². The average Bonchev–Trinajstić information content (AvgIpc) is 2.55. The van der Waals surface area contributed by atoms with E-state index >= 15 is 0 Å². The number of aliphatic carboxylic acids is 1. The molecule has 0 saturated heterocycles. The average molecular weight is 298 g/mol. The Balaban J connectivity index is 2.14. The fraction of sp³-hybridized carbons (Fsp3) is 0.462. The quantitative estimate of drug-likeness (QED) is 0.932. The second kappa shape index (κ2) is 4.69. The number of hydrogen-bond acceptors (Lipinski definition) is 2. The number of carboxylic acid groups (broad SMARTS) is 1. The van der Waals surface area contributed by atoms with Crippen molar-refractivity contribution in [3.8, 4) is 0 Å². The molecule has 0 aromatic heterocycles. The molecule has 17 heavy (non-hydrogen) atoms. The SMILES string of the molecule is CC(CC1Cc2cc(Br)ccc2N1C)C(=O)O. The molecule has 0 bridgehead atoms. The topological polar surface area (TPSA) is 40.5 Å². The summed E-state index contributed by atoms with van der Waals surface area (Å²) in [6.07, 6.45) is 1.63. The number of fused-ring (bicyclic) bond motifs is 1. The van der Waals surface area contributed by atoms with E-state index in [0.29, 0.717) is 12.5 Å². The summed E-state index contributed by atoms with van der Waals surface area (Å²) in [5, 5.41) is 8.96. The lowest BCUT2D eigenvalue weighted by atomic mass is 9.99. The number of carboxylic acids is 1. The Hall–Kier alpha value is -1.03. The predicted molar refractivity (Wildman–Crippen MR) is 71.5 cm³/mol. The number of anilines is 1. The molecule has 1 N–H and O–H groups in total. The Morgan fingerprint density at radius 3 is 3.00 bits per heavy atom. The number of halogens is 1. The first kappa shape index (κ1) is 12.4. The second-order valence-corrected chi connectivity index (χ2v) is 5.63. The van der Waals surface area contributed by atoms with Crippen LogP contribution in [0, 0.1) is 5.92 Å². The summed E-state index contributed by atoms with van der Waals surface area (Å²) in [6.45, 7) is 1.77. The van der Waals surface area contributed by atoms with Crippen molar-refractivity contribution in [3.63, 3.8) is 0 Å². The smallest absolute Gasteiger partial charge is 0.306 e. The number of nitrogens with zero attached hydrogens (tertiary/aromatic N) is 1. The van der Waals surface area contributed by atoms with Gasteiger partial charge in [0, 0.05) is 23.2 Å². The van der Waals surface area contributed by atoms with Crippen molar-refractivity contribution in [1.82, 2.24) is 0 Å². The maximum Gasteiger partial charge on any atom is 0.306 e. The Morgan fingerprint density at radius 2 is 2.35 bits per heavy atom. The molecule has 1 aliphatic heterocycles. The summed E-state index contributed by atoms with van der Waals surface area (Å²) in [5.41, 5.74) is 2.51. The van der Waals surface area contributed by atoms with Gasteiger partial charge in [0.2, 0.25) is 0 Å². The van der Waals surface area contributed by atoms with Gasteiger partial charge in [0.1, 0.15) is 0 Å². The highest BCUT2D eigenvalue weighted by Crippen LogP contribution is 2.35. The fourth-order valence-corrected chi connectivity index (χ4v) is 2.81. The predicted octanol–water partition coefficient (Wildman–Crippen LogP) is 2.92. The van der Waals surface area contributed by atoms with Gasteiger partial charge >= 0.3 is 5.97 Å². The van der Waals surface area contributed by atoms with E-state index in [4.69, 9.17) is 5.11 Å². The maximum atomic E-state index is 10.9. The highest BCUT2D eigenvalue weighted by Gasteiger charge is 2.29. The van der Waals surface area contributed by atoms with Crippen molar-refractivity contribution in [3.05, 3.63) is 28.2 Å². The summed E-state index contributed by atoms with van der Waals surface area (Å²) in [4.78, 5) is 13.1. The van der Waals surface area contributed by atoms with Crippen LogP contribution < -0.4 is 4.90 Å². The molecule has 92 valence electrons. The van der Waals surface area contributed by atoms with Crippen LogP contribution in [0.5, 0.6) is 0 Å². The van der Waals surface area contributed by atoms with Gasteiger partial charge in [0.15, 0.2) is 0 Å². The van der Waals surface area contributed by atoms with Crippen LogP contribution in [0.15, 0.2) is 22.7 Å². The van der Waals surface area contributed by atoms with Gasteiger partial charge in [0.25, 0.3) is 0 Å². The zero-order chi connectivity index (χ0) is 12.6. The van der Waals surface area contributed by atoms with Gasteiger partial charge in [-0.2, -0.15) is 0 Å². The second-order valence-electron chi connectivity index (χ2n) is 4.72. The summed E-state index contributed by atoms with van der Waals surface area (Å²) in [7, 11) is 2.04. The van der Waals surface area contributed by atoms with Crippen LogP contribution in [0.1, 0.15) is 18.9 Å². The Kier molecular flexibility index (Phi) is 3.43. The molecule has 3 nitrogen and oxygen atoms in total. The largest absolute Gasteiger partial charge is 0.481 e. The van der Waals surface area contributed by atoms with Crippen molar-refractivity contribution < 1.29 is 9.90 Å². The molecule has 2 atom stereocenters. The molecule has 1 aliphatic rings. The highest BCUT2D eigenvalue weighted by molar-refractivity contribution is 9.10. The minimum absolute atomic E-state index is 0.291. The number of carbonyl (C=O) groups is 1. The van der Waals surface area contributed by atoms with Crippen molar-refractivity contribution in [2.75, 3.05) is 11.9 Å². The fourth-order valence-electron chi connectivity index (χ4n) is 2.40. The molecule has 4 heteroatoms. The highest BCUT2D eigenvalue weighted by atomic mass is 79.9. The van der Waals surface area contributed by atoms with Crippen LogP contribution in [0.2, 0.25) is 0 Å². The molecule has 1 aromatic rings.